The third-order valence-electron chi connectivity index (χ3n) is 4.65. The van der Waals surface area contributed by atoms with E-state index in [1.807, 2.05) is 26.8 Å². The molecule has 2 atom stereocenters. The Morgan fingerprint density at radius 1 is 1.25 bits per heavy atom. The summed E-state index contributed by atoms with van der Waals surface area (Å²) in [4.78, 5) is 26.6. The molecule has 0 bridgehead atoms. The summed E-state index contributed by atoms with van der Waals surface area (Å²) in [6.45, 7) is 7.21. The lowest BCUT2D eigenvalue weighted by Gasteiger charge is -2.32. The fourth-order valence-electron chi connectivity index (χ4n) is 3.58. The number of hydrogen-bond acceptors (Lipinski definition) is 4. The second-order valence-corrected chi connectivity index (χ2v) is 7.75. The van der Waals surface area contributed by atoms with Gasteiger partial charge in [-0.25, -0.2) is 4.79 Å². The molecule has 1 heterocycles. The lowest BCUT2D eigenvalue weighted by Crippen LogP contribution is -2.42. The predicted octanol–water partition coefficient (Wildman–Crippen LogP) is 2.67. The van der Waals surface area contributed by atoms with Gasteiger partial charge in [0.15, 0.2) is 5.78 Å². The Morgan fingerprint density at radius 3 is 2.67 bits per heavy atom. The number of rotatable bonds is 2. The van der Waals surface area contributed by atoms with E-state index in [2.05, 4.69) is 28.4 Å². The molecular formula is C19H26N2O3. The van der Waals surface area contributed by atoms with Gasteiger partial charge in [0.2, 0.25) is 0 Å². The fraction of sp³-hybridized carbons (Fsp3) is 0.579. The number of amides is 1. The molecule has 1 saturated carbocycles. The summed E-state index contributed by atoms with van der Waals surface area (Å²) in [7, 11) is 0. The van der Waals surface area contributed by atoms with Gasteiger partial charge in [-0.1, -0.05) is 24.3 Å². The maximum Gasteiger partial charge on any atom is 0.407 e. The smallest absolute Gasteiger partial charge is 0.407 e. The summed E-state index contributed by atoms with van der Waals surface area (Å²) in [5, 5.41) is 2.85. The predicted molar refractivity (Wildman–Crippen MR) is 91.7 cm³/mol. The van der Waals surface area contributed by atoms with E-state index in [0.29, 0.717) is 12.8 Å². The van der Waals surface area contributed by atoms with E-state index in [4.69, 9.17) is 4.74 Å². The quantitative estimate of drug-likeness (QED) is 0.906. The normalized spacial score (nSPS) is 24.5. The van der Waals surface area contributed by atoms with E-state index in [1.54, 1.807) is 0 Å². The minimum Gasteiger partial charge on any atom is -0.444 e. The second kappa shape index (κ2) is 6.55. The minimum atomic E-state index is -0.525. The van der Waals surface area contributed by atoms with Gasteiger partial charge in [0, 0.05) is 25.6 Å². The molecule has 1 amide bonds. The molecule has 3 rings (SSSR count). The first kappa shape index (κ1) is 17.0. The molecule has 1 aromatic rings. The van der Waals surface area contributed by atoms with Crippen molar-refractivity contribution in [3.8, 4) is 0 Å². The largest absolute Gasteiger partial charge is 0.444 e. The Balaban J connectivity index is 1.59. The molecule has 1 N–H and O–H groups in total. The number of fused-ring (bicyclic) bond motifs is 1. The van der Waals surface area contributed by atoms with Gasteiger partial charge < -0.3 is 10.1 Å². The van der Waals surface area contributed by atoms with Crippen molar-refractivity contribution in [2.45, 2.75) is 64.3 Å². The van der Waals surface area contributed by atoms with Gasteiger partial charge >= 0.3 is 6.09 Å². The Hall–Kier alpha value is -1.88. The van der Waals surface area contributed by atoms with Crippen LogP contribution in [0.2, 0.25) is 0 Å². The Morgan fingerprint density at radius 2 is 1.96 bits per heavy atom. The van der Waals surface area contributed by atoms with Crippen molar-refractivity contribution in [3.05, 3.63) is 35.4 Å². The van der Waals surface area contributed by atoms with Crippen LogP contribution in [0.5, 0.6) is 0 Å². The number of ether oxygens (including phenoxy) is 1. The van der Waals surface area contributed by atoms with E-state index in [-0.39, 0.29) is 17.9 Å². The van der Waals surface area contributed by atoms with Crippen LogP contribution in [0.4, 0.5) is 4.79 Å². The molecule has 5 heteroatoms. The van der Waals surface area contributed by atoms with Crippen LogP contribution in [-0.2, 0) is 22.5 Å². The van der Waals surface area contributed by atoms with E-state index in [1.165, 1.54) is 11.1 Å². The average Bonchev–Trinajstić information content (AvgIpc) is 2.85. The van der Waals surface area contributed by atoms with Crippen molar-refractivity contribution in [3.63, 3.8) is 0 Å². The molecule has 5 nitrogen and oxygen atoms in total. The van der Waals surface area contributed by atoms with Gasteiger partial charge in [0.05, 0.1) is 6.04 Å². The summed E-state index contributed by atoms with van der Waals surface area (Å²) >= 11 is 0. The first-order chi connectivity index (χ1) is 11.3. The van der Waals surface area contributed by atoms with Crippen molar-refractivity contribution in [1.29, 1.82) is 0 Å². The Kier molecular flexibility index (Phi) is 4.63. The van der Waals surface area contributed by atoms with Crippen LogP contribution in [0.25, 0.3) is 0 Å². The van der Waals surface area contributed by atoms with Crippen LogP contribution in [0.3, 0.4) is 0 Å². The van der Waals surface area contributed by atoms with Crippen molar-refractivity contribution >= 4 is 11.9 Å². The lowest BCUT2D eigenvalue weighted by atomic mass is 9.98. The van der Waals surface area contributed by atoms with Gasteiger partial charge in [-0.05, 0) is 44.7 Å². The molecule has 0 spiro atoms. The van der Waals surface area contributed by atoms with Crippen LogP contribution in [0, 0.1) is 0 Å². The number of hydrogen-bond donors (Lipinski definition) is 1. The highest BCUT2D eigenvalue weighted by Crippen LogP contribution is 2.27. The van der Waals surface area contributed by atoms with Crippen LogP contribution >= 0.6 is 0 Å². The fourth-order valence-corrected chi connectivity index (χ4v) is 3.58. The zero-order chi connectivity index (χ0) is 17.3. The van der Waals surface area contributed by atoms with Crippen molar-refractivity contribution in [1.82, 2.24) is 10.2 Å². The number of Topliss-reactive ketones (excluding diaryl/α,β-unsaturated/α-hetero) is 1. The molecule has 0 aromatic heterocycles. The van der Waals surface area contributed by atoms with E-state index in [0.717, 1.165) is 19.5 Å². The molecule has 1 aliphatic heterocycles. The topological polar surface area (TPSA) is 58.6 Å². The molecule has 2 aliphatic rings. The van der Waals surface area contributed by atoms with Gasteiger partial charge in [-0.2, -0.15) is 0 Å². The van der Waals surface area contributed by atoms with Crippen molar-refractivity contribution in [2.75, 3.05) is 6.54 Å². The summed E-state index contributed by atoms with van der Waals surface area (Å²) < 4.78 is 5.29. The number of benzene rings is 1. The number of carbonyl (C=O) groups excluding carboxylic acids is 2. The summed E-state index contributed by atoms with van der Waals surface area (Å²) in [6, 6.07) is 8.18. The van der Waals surface area contributed by atoms with E-state index >= 15 is 0 Å². The molecule has 1 aromatic carbocycles. The van der Waals surface area contributed by atoms with Gasteiger partial charge in [-0.3, -0.25) is 9.69 Å². The lowest BCUT2D eigenvalue weighted by molar-refractivity contribution is -0.122. The van der Waals surface area contributed by atoms with Crippen molar-refractivity contribution in [2.24, 2.45) is 0 Å². The highest BCUT2D eigenvalue weighted by Gasteiger charge is 2.38. The highest BCUT2D eigenvalue weighted by atomic mass is 16.6. The van der Waals surface area contributed by atoms with Crippen LogP contribution in [0.1, 0.15) is 44.7 Å². The van der Waals surface area contributed by atoms with Crippen LogP contribution in [0.15, 0.2) is 24.3 Å². The summed E-state index contributed by atoms with van der Waals surface area (Å²) in [5.41, 5.74) is 2.16. The third-order valence-corrected chi connectivity index (χ3v) is 4.65. The third kappa shape index (κ3) is 3.96. The number of nitrogens with zero attached hydrogens (tertiary/aromatic N) is 1. The number of nitrogens with one attached hydrogen (secondary N) is 1. The Labute approximate surface area is 143 Å². The molecule has 0 saturated heterocycles. The van der Waals surface area contributed by atoms with E-state index in [9.17, 15) is 9.59 Å². The van der Waals surface area contributed by atoms with E-state index < -0.39 is 11.7 Å². The summed E-state index contributed by atoms with van der Waals surface area (Å²) in [6.07, 6.45) is 1.59. The van der Waals surface area contributed by atoms with Gasteiger partial charge in [-0.15, -0.1) is 0 Å². The second-order valence-electron chi connectivity index (χ2n) is 7.75. The molecule has 1 unspecified atom stereocenters. The number of alkyl carbamates (subject to hydrolysis) is 1. The SMILES string of the molecule is CC(C)(C)OC(=O)N[C@H]1CC(=O)C(N2CCc3ccccc3C2)C1. The molecule has 130 valence electrons. The van der Waals surface area contributed by atoms with Crippen LogP contribution < -0.4 is 5.32 Å². The monoisotopic (exact) mass is 330 g/mol. The molecular weight excluding hydrogens is 304 g/mol. The zero-order valence-corrected chi connectivity index (χ0v) is 14.7. The van der Waals surface area contributed by atoms with Crippen LogP contribution in [-0.4, -0.2) is 41.0 Å². The molecule has 1 fully saturated rings. The molecule has 24 heavy (non-hydrogen) atoms. The average molecular weight is 330 g/mol. The standard InChI is InChI=1S/C19H26N2O3/c1-19(2,3)24-18(23)20-15-10-16(17(22)11-15)21-9-8-13-6-4-5-7-14(13)12-21/h4-7,15-16H,8-12H2,1-3H3,(H,20,23)/t15-,16?/m1/s1. The zero-order valence-electron chi connectivity index (χ0n) is 14.7. The van der Waals surface area contributed by atoms with Gasteiger partial charge in [0.25, 0.3) is 0 Å². The highest BCUT2D eigenvalue weighted by molar-refractivity contribution is 5.87. The first-order valence-electron chi connectivity index (χ1n) is 8.65. The van der Waals surface area contributed by atoms with Crippen molar-refractivity contribution < 1.29 is 14.3 Å². The minimum absolute atomic E-state index is 0.0988. The Bertz CT molecular complexity index is 636. The summed E-state index contributed by atoms with van der Waals surface area (Å²) in [5.74, 6) is 0.218. The first-order valence-corrected chi connectivity index (χ1v) is 8.65. The van der Waals surface area contributed by atoms with Gasteiger partial charge in [0.1, 0.15) is 5.60 Å². The maximum atomic E-state index is 12.4. The number of ketones is 1. The molecule has 0 radical (unpaired) electrons. The number of carbonyl (C=O) groups is 2. The maximum absolute atomic E-state index is 12.4. The molecule has 1 aliphatic carbocycles.